The molecule has 118 valence electrons. The number of methoxy groups -OCH3 is 1. The number of sulfonamides is 1. The lowest BCUT2D eigenvalue weighted by Gasteiger charge is -2.34. The molecule has 1 aromatic rings. The summed E-state index contributed by atoms with van der Waals surface area (Å²) in [5.74, 6) is 1.20. The zero-order valence-electron chi connectivity index (χ0n) is 12.9. The summed E-state index contributed by atoms with van der Waals surface area (Å²) in [6.07, 6.45) is 1.80. The summed E-state index contributed by atoms with van der Waals surface area (Å²) >= 11 is 0. The van der Waals surface area contributed by atoms with Crippen LogP contribution >= 0.6 is 0 Å². The largest absolute Gasteiger partial charge is 0.497 e. The van der Waals surface area contributed by atoms with Crippen molar-refractivity contribution in [3.8, 4) is 5.75 Å². The van der Waals surface area contributed by atoms with Crippen molar-refractivity contribution in [3.05, 3.63) is 24.3 Å². The van der Waals surface area contributed by atoms with E-state index in [0.29, 0.717) is 35.7 Å². The molecule has 1 heterocycles. The second kappa shape index (κ2) is 6.77. The highest BCUT2D eigenvalue weighted by Crippen LogP contribution is 2.26. The minimum Gasteiger partial charge on any atom is -0.497 e. The number of ether oxygens (including phenoxy) is 1. The molecule has 0 spiro atoms. The Morgan fingerprint density at radius 3 is 2.29 bits per heavy atom. The summed E-state index contributed by atoms with van der Waals surface area (Å²) in [4.78, 5) is 0.336. The van der Waals surface area contributed by atoms with E-state index in [1.54, 1.807) is 35.7 Å². The molecule has 1 unspecified atom stereocenters. The first-order valence-corrected chi connectivity index (χ1v) is 8.74. The van der Waals surface area contributed by atoms with Crippen molar-refractivity contribution in [2.75, 3.05) is 27.2 Å². The molecule has 1 fully saturated rings. The molecule has 0 bridgehead atoms. The van der Waals surface area contributed by atoms with Gasteiger partial charge >= 0.3 is 0 Å². The topological polar surface area (TPSA) is 58.6 Å². The van der Waals surface area contributed by atoms with Gasteiger partial charge in [0.2, 0.25) is 10.0 Å². The number of nitrogens with zero attached hydrogens (tertiary/aromatic N) is 1. The smallest absolute Gasteiger partial charge is 0.243 e. The van der Waals surface area contributed by atoms with E-state index in [1.807, 2.05) is 7.05 Å². The monoisotopic (exact) mass is 312 g/mol. The third-order valence-electron chi connectivity index (χ3n) is 4.36. The van der Waals surface area contributed by atoms with Crippen LogP contribution in [0.1, 0.15) is 19.8 Å². The lowest BCUT2D eigenvalue weighted by molar-refractivity contribution is 0.236. The van der Waals surface area contributed by atoms with Crippen LogP contribution in [-0.2, 0) is 10.0 Å². The SMILES string of the molecule is CNC(C)C1CCN(S(=O)(=O)c2ccc(OC)cc2)CC1. The Balaban J connectivity index is 2.07. The van der Waals surface area contributed by atoms with Gasteiger partial charge in [-0.2, -0.15) is 4.31 Å². The number of piperidine rings is 1. The Bertz CT molecular complexity index is 549. The molecule has 5 nitrogen and oxygen atoms in total. The molecule has 6 heteroatoms. The van der Waals surface area contributed by atoms with E-state index in [4.69, 9.17) is 4.74 Å². The molecule has 1 aliphatic heterocycles. The van der Waals surface area contributed by atoms with Crippen molar-refractivity contribution >= 4 is 10.0 Å². The van der Waals surface area contributed by atoms with E-state index in [9.17, 15) is 8.42 Å². The minimum atomic E-state index is -3.39. The van der Waals surface area contributed by atoms with Gasteiger partial charge in [0.25, 0.3) is 0 Å². The van der Waals surface area contributed by atoms with Crippen molar-refractivity contribution in [2.45, 2.75) is 30.7 Å². The lowest BCUT2D eigenvalue weighted by atomic mass is 9.91. The molecule has 1 saturated heterocycles. The van der Waals surface area contributed by atoms with Crippen LogP contribution in [-0.4, -0.2) is 46.0 Å². The second-order valence-corrected chi connectivity index (χ2v) is 7.43. The van der Waals surface area contributed by atoms with E-state index < -0.39 is 10.0 Å². The Morgan fingerprint density at radius 2 is 1.81 bits per heavy atom. The Hall–Kier alpha value is -1.11. The maximum Gasteiger partial charge on any atom is 0.243 e. The van der Waals surface area contributed by atoms with E-state index in [2.05, 4.69) is 12.2 Å². The molecule has 0 amide bonds. The fourth-order valence-electron chi connectivity index (χ4n) is 2.75. The van der Waals surface area contributed by atoms with E-state index in [0.717, 1.165) is 12.8 Å². The van der Waals surface area contributed by atoms with E-state index in [1.165, 1.54) is 0 Å². The highest BCUT2D eigenvalue weighted by molar-refractivity contribution is 7.89. The summed E-state index contributed by atoms with van der Waals surface area (Å²) in [6, 6.07) is 7.01. The van der Waals surface area contributed by atoms with Gasteiger partial charge in [-0.25, -0.2) is 8.42 Å². The lowest BCUT2D eigenvalue weighted by Crippen LogP contribution is -2.43. The zero-order valence-corrected chi connectivity index (χ0v) is 13.7. The van der Waals surface area contributed by atoms with Crippen molar-refractivity contribution < 1.29 is 13.2 Å². The molecule has 1 atom stereocenters. The molecular formula is C15H24N2O3S. The highest BCUT2D eigenvalue weighted by Gasteiger charge is 2.30. The van der Waals surface area contributed by atoms with Crippen LogP contribution in [0, 0.1) is 5.92 Å². The number of benzene rings is 1. The summed E-state index contributed by atoms with van der Waals surface area (Å²) in [6.45, 7) is 3.33. The van der Waals surface area contributed by atoms with Crippen LogP contribution in [0.25, 0.3) is 0 Å². The van der Waals surface area contributed by atoms with Crippen molar-refractivity contribution in [3.63, 3.8) is 0 Å². The standard InChI is InChI=1S/C15H24N2O3S/c1-12(16-2)13-8-10-17(11-9-13)21(18,19)15-6-4-14(20-3)5-7-15/h4-7,12-13,16H,8-11H2,1-3H3. The van der Waals surface area contributed by atoms with Crippen LogP contribution in [0.2, 0.25) is 0 Å². The van der Waals surface area contributed by atoms with Crippen LogP contribution in [0.15, 0.2) is 29.2 Å². The van der Waals surface area contributed by atoms with Crippen molar-refractivity contribution in [2.24, 2.45) is 5.92 Å². The van der Waals surface area contributed by atoms with Gasteiger partial charge in [-0.15, -0.1) is 0 Å². The molecule has 1 aromatic carbocycles. The van der Waals surface area contributed by atoms with Gasteiger partial charge in [-0.3, -0.25) is 0 Å². The van der Waals surface area contributed by atoms with Gasteiger partial charge < -0.3 is 10.1 Å². The molecule has 0 aromatic heterocycles. The number of nitrogens with one attached hydrogen (secondary N) is 1. The van der Waals surface area contributed by atoms with Crippen LogP contribution in [0.5, 0.6) is 5.75 Å². The molecule has 21 heavy (non-hydrogen) atoms. The minimum absolute atomic E-state index is 0.336. The number of rotatable bonds is 5. The first-order chi connectivity index (χ1) is 9.98. The van der Waals surface area contributed by atoms with Gasteiger partial charge in [0.05, 0.1) is 12.0 Å². The Kier molecular flexibility index (Phi) is 5.24. The molecule has 0 saturated carbocycles. The molecule has 1 N–H and O–H groups in total. The normalized spacial score (nSPS) is 19.4. The van der Waals surface area contributed by atoms with E-state index >= 15 is 0 Å². The maximum absolute atomic E-state index is 12.6. The highest BCUT2D eigenvalue weighted by atomic mass is 32.2. The predicted octanol–water partition coefficient (Wildman–Crippen LogP) is 1.70. The quantitative estimate of drug-likeness (QED) is 0.899. The van der Waals surface area contributed by atoms with E-state index in [-0.39, 0.29) is 0 Å². The fraction of sp³-hybridized carbons (Fsp3) is 0.600. The second-order valence-electron chi connectivity index (χ2n) is 5.49. The molecular weight excluding hydrogens is 288 g/mol. The van der Waals surface area contributed by atoms with Gasteiger partial charge in [-0.05, 0) is 57.0 Å². The third kappa shape index (κ3) is 3.56. The van der Waals surface area contributed by atoms with Gasteiger partial charge in [0.15, 0.2) is 0 Å². The predicted molar refractivity (Wildman–Crippen MR) is 83.0 cm³/mol. The molecule has 2 rings (SSSR count). The van der Waals surface area contributed by atoms with Gasteiger partial charge in [-0.1, -0.05) is 0 Å². The fourth-order valence-corrected chi connectivity index (χ4v) is 4.22. The van der Waals surface area contributed by atoms with Gasteiger partial charge in [0, 0.05) is 19.1 Å². The summed E-state index contributed by atoms with van der Waals surface area (Å²) in [5, 5.41) is 3.25. The van der Waals surface area contributed by atoms with Crippen LogP contribution in [0.3, 0.4) is 0 Å². The molecule has 0 aliphatic carbocycles. The zero-order chi connectivity index (χ0) is 15.5. The number of hydrogen-bond acceptors (Lipinski definition) is 4. The summed E-state index contributed by atoms with van der Waals surface area (Å²) in [7, 11) is 0.131. The van der Waals surface area contributed by atoms with Crippen LogP contribution < -0.4 is 10.1 Å². The Labute approximate surface area is 127 Å². The first kappa shape index (κ1) is 16.3. The summed E-state index contributed by atoms with van der Waals surface area (Å²) < 4.78 is 31.9. The average molecular weight is 312 g/mol. The third-order valence-corrected chi connectivity index (χ3v) is 6.27. The molecule has 1 aliphatic rings. The van der Waals surface area contributed by atoms with Crippen LogP contribution in [0.4, 0.5) is 0 Å². The van der Waals surface area contributed by atoms with Crippen molar-refractivity contribution in [1.29, 1.82) is 0 Å². The first-order valence-electron chi connectivity index (χ1n) is 7.30. The molecule has 0 radical (unpaired) electrons. The maximum atomic E-state index is 12.6. The average Bonchev–Trinajstić information content (AvgIpc) is 2.54. The summed E-state index contributed by atoms with van der Waals surface area (Å²) in [5.41, 5.74) is 0. The van der Waals surface area contributed by atoms with Gasteiger partial charge in [0.1, 0.15) is 5.75 Å². The van der Waals surface area contributed by atoms with Crippen molar-refractivity contribution in [1.82, 2.24) is 9.62 Å². The number of hydrogen-bond donors (Lipinski definition) is 1. The Morgan fingerprint density at radius 1 is 1.24 bits per heavy atom.